The number of nitrogens with zero attached hydrogens (tertiary/aromatic N) is 2. The number of furan rings is 1. The summed E-state index contributed by atoms with van der Waals surface area (Å²) in [5, 5.41) is 5.23. The number of carbonyl (C=O) groups excluding carboxylic acids is 3. The second-order valence-electron chi connectivity index (χ2n) is 7.07. The summed E-state index contributed by atoms with van der Waals surface area (Å²) >= 11 is 0. The van der Waals surface area contributed by atoms with Crippen LogP contribution in [-0.4, -0.2) is 60.4 Å². The molecule has 9 nitrogen and oxygen atoms in total. The Bertz CT molecular complexity index is 926. The predicted molar refractivity (Wildman–Crippen MR) is 113 cm³/mol. The van der Waals surface area contributed by atoms with Crippen molar-refractivity contribution in [1.29, 1.82) is 0 Å². The molecule has 2 aromatic rings. The standard InChI is InChI=1S/C22H26N4O5/c1-23-22(29)19-14-17(8-10-24-19)31-18-4-2-12-26(15-18)21(28)9-11-25-20(27)7-6-16-5-3-13-30-16/h3,5-8,10,13-14,18H,2,4,9,11-12,15H2,1H3,(H,23,29)(H,25,27)/b7-6+. The lowest BCUT2D eigenvalue weighted by molar-refractivity contribution is -0.133. The molecule has 0 saturated carbocycles. The number of nitrogens with one attached hydrogen (secondary N) is 2. The van der Waals surface area contributed by atoms with Crippen molar-refractivity contribution in [3.63, 3.8) is 0 Å². The summed E-state index contributed by atoms with van der Waals surface area (Å²) in [4.78, 5) is 41.9. The average Bonchev–Trinajstić information content (AvgIpc) is 3.31. The van der Waals surface area contributed by atoms with E-state index in [1.165, 1.54) is 18.5 Å². The highest BCUT2D eigenvalue weighted by Crippen LogP contribution is 2.19. The second-order valence-corrected chi connectivity index (χ2v) is 7.07. The van der Waals surface area contributed by atoms with Gasteiger partial charge in [0.1, 0.15) is 23.3 Å². The Morgan fingerprint density at radius 3 is 3.00 bits per heavy atom. The van der Waals surface area contributed by atoms with Gasteiger partial charge in [0.25, 0.3) is 5.91 Å². The molecule has 3 rings (SSSR count). The molecule has 1 unspecified atom stereocenters. The highest BCUT2D eigenvalue weighted by Gasteiger charge is 2.25. The molecule has 2 N–H and O–H groups in total. The van der Waals surface area contributed by atoms with Crippen LogP contribution in [0.5, 0.6) is 5.75 Å². The van der Waals surface area contributed by atoms with Gasteiger partial charge in [-0.25, -0.2) is 0 Å². The Hall–Kier alpha value is -3.62. The van der Waals surface area contributed by atoms with Gasteiger partial charge in [-0.15, -0.1) is 0 Å². The van der Waals surface area contributed by atoms with Gasteiger partial charge < -0.3 is 24.7 Å². The van der Waals surface area contributed by atoms with Gasteiger partial charge in [0, 0.05) is 44.9 Å². The van der Waals surface area contributed by atoms with Crippen molar-refractivity contribution in [2.24, 2.45) is 0 Å². The lowest BCUT2D eigenvalue weighted by Gasteiger charge is -2.33. The van der Waals surface area contributed by atoms with Crippen molar-refractivity contribution < 1.29 is 23.5 Å². The maximum atomic E-state index is 12.5. The van der Waals surface area contributed by atoms with Crippen LogP contribution < -0.4 is 15.4 Å². The van der Waals surface area contributed by atoms with Crippen molar-refractivity contribution in [2.75, 3.05) is 26.7 Å². The topological polar surface area (TPSA) is 114 Å². The van der Waals surface area contributed by atoms with Crippen LogP contribution in [0.3, 0.4) is 0 Å². The third-order valence-electron chi connectivity index (χ3n) is 4.80. The summed E-state index contributed by atoms with van der Waals surface area (Å²) in [5.74, 6) is 0.524. The third kappa shape index (κ3) is 6.70. The third-order valence-corrected chi connectivity index (χ3v) is 4.80. The average molecular weight is 426 g/mol. The van der Waals surface area contributed by atoms with Gasteiger partial charge in [-0.2, -0.15) is 0 Å². The van der Waals surface area contributed by atoms with Crippen LogP contribution in [0.1, 0.15) is 35.5 Å². The number of piperidine rings is 1. The molecule has 1 fully saturated rings. The van der Waals surface area contributed by atoms with Gasteiger partial charge in [0.2, 0.25) is 11.8 Å². The highest BCUT2D eigenvalue weighted by atomic mass is 16.5. The Morgan fingerprint density at radius 1 is 1.35 bits per heavy atom. The monoisotopic (exact) mass is 426 g/mol. The van der Waals surface area contributed by atoms with E-state index >= 15 is 0 Å². The van der Waals surface area contributed by atoms with E-state index in [2.05, 4.69) is 15.6 Å². The summed E-state index contributed by atoms with van der Waals surface area (Å²) in [6, 6.07) is 6.76. The largest absolute Gasteiger partial charge is 0.488 e. The Kier molecular flexibility index (Phi) is 7.80. The van der Waals surface area contributed by atoms with Crippen LogP contribution in [0.15, 0.2) is 47.2 Å². The number of likely N-dealkylation sites (tertiary alicyclic amines) is 1. The van der Waals surface area contributed by atoms with Crippen LogP contribution in [0.2, 0.25) is 0 Å². The van der Waals surface area contributed by atoms with Crippen LogP contribution in [-0.2, 0) is 9.59 Å². The molecule has 0 bridgehead atoms. The van der Waals surface area contributed by atoms with Gasteiger partial charge >= 0.3 is 0 Å². The molecule has 0 aromatic carbocycles. The molecule has 1 saturated heterocycles. The summed E-state index contributed by atoms with van der Waals surface area (Å²) in [6.07, 6.45) is 7.67. The number of amides is 3. The van der Waals surface area contributed by atoms with E-state index in [1.54, 1.807) is 42.3 Å². The van der Waals surface area contributed by atoms with Crippen LogP contribution in [0.4, 0.5) is 0 Å². The highest BCUT2D eigenvalue weighted by molar-refractivity contribution is 5.92. The Labute approximate surface area is 180 Å². The van der Waals surface area contributed by atoms with Crippen molar-refractivity contribution in [3.8, 4) is 5.75 Å². The first-order valence-corrected chi connectivity index (χ1v) is 10.2. The number of carbonyl (C=O) groups is 3. The number of ether oxygens (including phenoxy) is 1. The summed E-state index contributed by atoms with van der Waals surface area (Å²) < 4.78 is 11.1. The molecule has 0 aliphatic carbocycles. The first-order valence-electron chi connectivity index (χ1n) is 10.2. The van der Waals surface area contributed by atoms with Crippen LogP contribution >= 0.6 is 0 Å². The van der Waals surface area contributed by atoms with Gasteiger partial charge in [-0.3, -0.25) is 19.4 Å². The molecular formula is C22H26N4O5. The Balaban J connectivity index is 1.44. The molecule has 3 amide bonds. The molecule has 0 radical (unpaired) electrons. The quantitative estimate of drug-likeness (QED) is 0.620. The molecule has 3 heterocycles. The fourth-order valence-corrected chi connectivity index (χ4v) is 3.24. The number of hydrogen-bond acceptors (Lipinski definition) is 6. The smallest absolute Gasteiger partial charge is 0.269 e. The number of rotatable bonds is 8. The summed E-state index contributed by atoms with van der Waals surface area (Å²) in [7, 11) is 1.54. The lowest BCUT2D eigenvalue weighted by Crippen LogP contribution is -2.45. The molecule has 1 aliphatic heterocycles. The fraction of sp³-hybridized carbons (Fsp3) is 0.364. The molecule has 2 aromatic heterocycles. The van der Waals surface area contributed by atoms with Crippen molar-refractivity contribution in [3.05, 3.63) is 54.3 Å². The number of pyridine rings is 1. The maximum absolute atomic E-state index is 12.5. The molecule has 164 valence electrons. The van der Waals surface area contributed by atoms with E-state index in [0.29, 0.717) is 24.6 Å². The van der Waals surface area contributed by atoms with E-state index in [-0.39, 0.29) is 42.5 Å². The van der Waals surface area contributed by atoms with E-state index in [1.807, 2.05) is 0 Å². The molecular weight excluding hydrogens is 400 g/mol. The zero-order valence-corrected chi connectivity index (χ0v) is 17.4. The molecule has 1 aliphatic rings. The van der Waals surface area contributed by atoms with Crippen LogP contribution in [0.25, 0.3) is 6.08 Å². The first-order chi connectivity index (χ1) is 15.0. The minimum absolute atomic E-state index is 0.0376. The van der Waals surface area contributed by atoms with Crippen molar-refractivity contribution in [1.82, 2.24) is 20.5 Å². The first kappa shape index (κ1) is 22.1. The number of hydrogen-bond donors (Lipinski definition) is 2. The van der Waals surface area contributed by atoms with E-state index in [0.717, 1.165) is 12.8 Å². The van der Waals surface area contributed by atoms with Gasteiger partial charge in [-0.05, 0) is 37.1 Å². The second kappa shape index (κ2) is 11.0. The SMILES string of the molecule is CNC(=O)c1cc(OC2CCCN(C(=O)CCNC(=O)/C=C/c3ccco3)C2)ccn1. The van der Waals surface area contributed by atoms with E-state index in [4.69, 9.17) is 9.15 Å². The predicted octanol–water partition coefficient (Wildman–Crippen LogP) is 1.62. The fourth-order valence-electron chi connectivity index (χ4n) is 3.24. The summed E-state index contributed by atoms with van der Waals surface area (Å²) in [6.45, 7) is 1.37. The van der Waals surface area contributed by atoms with E-state index < -0.39 is 0 Å². The molecule has 31 heavy (non-hydrogen) atoms. The zero-order valence-electron chi connectivity index (χ0n) is 17.4. The molecule has 0 spiro atoms. The zero-order chi connectivity index (χ0) is 22.1. The Morgan fingerprint density at radius 2 is 2.23 bits per heavy atom. The molecule has 1 atom stereocenters. The van der Waals surface area contributed by atoms with Crippen LogP contribution in [0, 0.1) is 0 Å². The lowest BCUT2D eigenvalue weighted by atomic mass is 10.1. The minimum Gasteiger partial charge on any atom is -0.488 e. The maximum Gasteiger partial charge on any atom is 0.269 e. The van der Waals surface area contributed by atoms with Crippen molar-refractivity contribution >= 4 is 23.8 Å². The van der Waals surface area contributed by atoms with E-state index in [9.17, 15) is 14.4 Å². The minimum atomic E-state index is -0.285. The van der Waals surface area contributed by atoms with Gasteiger partial charge in [0.05, 0.1) is 12.8 Å². The van der Waals surface area contributed by atoms with Crippen molar-refractivity contribution in [2.45, 2.75) is 25.4 Å². The summed E-state index contributed by atoms with van der Waals surface area (Å²) in [5.41, 5.74) is 0.278. The molecule has 9 heteroatoms. The van der Waals surface area contributed by atoms with Gasteiger partial charge in [0.15, 0.2) is 0 Å². The normalized spacial score (nSPS) is 16.2. The van der Waals surface area contributed by atoms with Gasteiger partial charge in [-0.1, -0.05) is 0 Å². The number of aromatic nitrogens is 1.